The van der Waals surface area contributed by atoms with E-state index in [1.165, 1.54) is 0 Å². The molecule has 1 rings (SSSR count). The summed E-state index contributed by atoms with van der Waals surface area (Å²) < 4.78 is 8.86. The molecule has 86 valence electrons. The van der Waals surface area contributed by atoms with Crippen LogP contribution < -0.4 is 0 Å². The molecule has 0 bridgehead atoms. The molecule has 1 heterocycles. The van der Waals surface area contributed by atoms with Crippen molar-refractivity contribution in [1.29, 1.82) is 0 Å². The van der Waals surface area contributed by atoms with Crippen molar-refractivity contribution in [1.82, 2.24) is 0 Å². The highest BCUT2D eigenvalue weighted by Gasteiger charge is 2.34. The Kier molecular flexibility index (Phi) is 4.79. The van der Waals surface area contributed by atoms with E-state index < -0.39 is 12.1 Å². The van der Waals surface area contributed by atoms with Crippen LogP contribution in [-0.4, -0.2) is 34.3 Å². The van der Waals surface area contributed by atoms with Crippen LogP contribution in [0.2, 0.25) is 0 Å². The van der Waals surface area contributed by atoms with Crippen LogP contribution in [0.5, 0.6) is 0 Å². The Morgan fingerprint density at radius 1 is 1.33 bits per heavy atom. The van der Waals surface area contributed by atoms with Gasteiger partial charge in [-0.3, -0.25) is 4.79 Å². The van der Waals surface area contributed by atoms with Gasteiger partial charge >= 0.3 is 12.1 Å². The second kappa shape index (κ2) is 5.65. The van der Waals surface area contributed by atoms with Crippen molar-refractivity contribution < 1.29 is 19.1 Å². The van der Waals surface area contributed by atoms with Gasteiger partial charge in [-0.25, -0.2) is 4.79 Å². The Labute approximate surface area is 97.4 Å². The minimum Gasteiger partial charge on any atom is -0.434 e. The van der Waals surface area contributed by atoms with Crippen LogP contribution in [0.15, 0.2) is 0 Å². The van der Waals surface area contributed by atoms with Crippen molar-refractivity contribution >= 4 is 35.6 Å². The molecule has 1 saturated heterocycles. The summed E-state index contributed by atoms with van der Waals surface area (Å²) in [6.45, 7) is 3.87. The van der Waals surface area contributed by atoms with Crippen LogP contribution in [0.1, 0.15) is 20.3 Å². The molecule has 0 radical (unpaired) electrons. The van der Waals surface area contributed by atoms with Gasteiger partial charge in [0.15, 0.2) is 0 Å². The Morgan fingerprint density at radius 3 is 2.47 bits per heavy atom. The highest BCUT2D eigenvalue weighted by molar-refractivity contribution is 8.21. The van der Waals surface area contributed by atoms with Crippen molar-refractivity contribution in [3.05, 3.63) is 0 Å². The molecule has 1 aliphatic rings. The lowest BCUT2D eigenvalue weighted by Crippen LogP contribution is -2.22. The molecule has 0 aromatic heterocycles. The van der Waals surface area contributed by atoms with Crippen molar-refractivity contribution in [2.75, 3.05) is 18.1 Å². The Bertz CT molecular complexity index is 248. The number of esters is 1. The zero-order valence-corrected chi connectivity index (χ0v) is 10.4. The lowest BCUT2D eigenvalue weighted by Gasteiger charge is -2.19. The normalized spacial score (nSPS) is 18.5. The average molecular weight is 250 g/mol. The number of rotatable bonds is 3. The molecule has 0 aromatic rings. The van der Waals surface area contributed by atoms with E-state index in [0.717, 1.165) is 11.5 Å². The average Bonchev–Trinajstić information content (AvgIpc) is 2.51. The standard InChI is InChI=1S/C9H14O4S2/c1-3-12-8(11)13-7(10)6-9(2)14-4-5-15-9/h3-6H2,1-2H3. The summed E-state index contributed by atoms with van der Waals surface area (Å²) in [5.74, 6) is 1.56. The van der Waals surface area contributed by atoms with Gasteiger partial charge in [-0.1, -0.05) is 0 Å². The third kappa shape index (κ3) is 4.34. The van der Waals surface area contributed by atoms with E-state index >= 15 is 0 Å². The molecule has 0 N–H and O–H groups in total. The number of ether oxygens (including phenoxy) is 2. The maximum Gasteiger partial charge on any atom is 0.516 e. The second-order valence-electron chi connectivity index (χ2n) is 3.16. The van der Waals surface area contributed by atoms with E-state index in [4.69, 9.17) is 0 Å². The minimum atomic E-state index is -0.904. The fraction of sp³-hybridized carbons (Fsp3) is 0.778. The van der Waals surface area contributed by atoms with E-state index in [1.54, 1.807) is 30.4 Å². The Morgan fingerprint density at radius 2 is 1.93 bits per heavy atom. The van der Waals surface area contributed by atoms with Gasteiger partial charge in [0.2, 0.25) is 0 Å². The Hall–Kier alpha value is -0.360. The molecule has 0 atom stereocenters. The van der Waals surface area contributed by atoms with Crippen molar-refractivity contribution in [2.45, 2.75) is 24.3 Å². The molecule has 15 heavy (non-hydrogen) atoms. The molecule has 0 aromatic carbocycles. The summed E-state index contributed by atoms with van der Waals surface area (Å²) in [5, 5.41) is 0. The minimum absolute atomic E-state index is 0.149. The van der Waals surface area contributed by atoms with Crippen LogP contribution in [-0.2, 0) is 14.3 Å². The lowest BCUT2D eigenvalue weighted by molar-refractivity contribution is -0.139. The summed E-state index contributed by atoms with van der Waals surface area (Å²) in [4.78, 5) is 22.2. The molecule has 1 aliphatic heterocycles. The first-order valence-corrected chi connectivity index (χ1v) is 6.68. The molecular weight excluding hydrogens is 236 g/mol. The third-order valence-corrected chi connectivity index (χ3v) is 5.11. The van der Waals surface area contributed by atoms with Crippen molar-refractivity contribution in [2.24, 2.45) is 0 Å². The lowest BCUT2D eigenvalue weighted by atomic mass is 10.3. The molecular formula is C9H14O4S2. The van der Waals surface area contributed by atoms with Gasteiger partial charge in [-0.2, -0.15) is 0 Å². The van der Waals surface area contributed by atoms with Gasteiger partial charge in [-0.15, -0.1) is 23.5 Å². The fourth-order valence-corrected chi connectivity index (χ4v) is 4.00. The van der Waals surface area contributed by atoms with E-state index in [2.05, 4.69) is 9.47 Å². The molecule has 4 nitrogen and oxygen atoms in total. The van der Waals surface area contributed by atoms with Crippen LogP contribution in [0.25, 0.3) is 0 Å². The van der Waals surface area contributed by atoms with Gasteiger partial charge in [0.1, 0.15) is 0 Å². The summed E-state index contributed by atoms with van der Waals surface area (Å²) >= 11 is 3.45. The molecule has 0 unspecified atom stereocenters. The number of hydrogen-bond donors (Lipinski definition) is 0. The maximum absolute atomic E-state index is 11.3. The third-order valence-electron chi connectivity index (χ3n) is 1.82. The number of hydrogen-bond acceptors (Lipinski definition) is 6. The maximum atomic E-state index is 11.3. The van der Waals surface area contributed by atoms with Crippen LogP contribution in [0.4, 0.5) is 4.79 Å². The summed E-state index contributed by atoms with van der Waals surface area (Å²) in [5.41, 5.74) is 0. The van der Waals surface area contributed by atoms with Crippen LogP contribution in [0.3, 0.4) is 0 Å². The largest absolute Gasteiger partial charge is 0.516 e. The summed E-state index contributed by atoms with van der Waals surface area (Å²) in [7, 11) is 0. The first-order chi connectivity index (χ1) is 7.06. The van der Waals surface area contributed by atoms with E-state index in [-0.39, 0.29) is 17.1 Å². The molecule has 6 heteroatoms. The van der Waals surface area contributed by atoms with E-state index in [0.29, 0.717) is 0 Å². The number of carbonyl (C=O) groups is 2. The zero-order chi connectivity index (χ0) is 11.3. The van der Waals surface area contributed by atoms with Crippen LogP contribution in [0, 0.1) is 0 Å². The molecule has 0 amide bonds. The highest BCUT2D eigenvalue weighted by atomic mass is 32.2. The SMILES string of the molecule is CCOC(=O)OC(=O)CC1(C)SCCS1. The monoisotopic (exact) mass is 250 g/mol. The van der Waals surface area contributed by atoms with Crippen molar-refractivity contribution in [3.8, 4) is 0 Å². The van der Waals surface area contributed by atoms with Gasteiger partial charge < -0.3 is 9.47 Å². The smallest absolute Gasteiger partial charge is 0.434 e. The molecule has 0 saturated carbocycles. The zero-order valence-electron chi connectivity index (χ0n) is 8.78. The predicted molar refractivity (Wildman–Crippen MR) is 61.1 cm³/mol. The molecule has 0 spiro atoms. The van der Waals surface area contributed by atoms with Gasteiger partial charge in [-0.05, 0) is 13.8 Å². The first kappa shape index (κ1) is 12.7. The summed E-state index contributed by atoms with van der Waals surface area (Å²) in [6.07, 6.45) is -0.666. The quantitative estimate of drug-likeness (QED) is 0.566. The first-order valence-electron chi connectivity index (χ1n) is 4.71. The Balaban J connectivity index is 2.32. The molecule has 0 aliphatic carbocycles. The molecule has 1 fully saturated rings. The van der Waals surface area contributed by atoms with E-state index in [9.17, 15) is 9.59 Å². The topological polar surface area (TPSA) is 52.6 Å². The number of carbonyl (C=O) groups excluding carboxylic acids is 2. The summed E-state index contributed by atoms with van der Waals surface area (Å²) in [6, 6.07) is 0. The fourth-order valence-electron chi connectivity index (χ4n) is 1.20. The van der Waals surface area contributed by atoms with Crippen molar-refractivity contribution in [3.63, 3.8) is 0 Å². The van der Waals surface area contributed by atoms with Gasteiger partial charge in [0.05, 0.1) is 17.1 Å². The second-order valence-corrected chi connectivity index (χ2v) is 6.62. The van der Waals surface area contributed by atoms with Gasteiger partial charge in [0, 0.05) is 11.5 Å². The van der Waals surface area contributed by atoms with Crippen LogP contribution >= 0.6 is 23.5 Å². The van der Waals surface area contributed by atoms with E-state index in [1.807, 2.05) is 6.92 Å². The highest BCUT2D eigenvalue weighted by Crippen LogP contribution is 2.45. The predicted octanol–water partition coefficient (Wildman–Crippen LogP) is 2.27. The van der Waals surface area contributed by atoms with Gasteiger partial charge in [0.25, 0.3) is 0 Å². The number of thioether (sulfide) groups is 2.